The minimum Gasteiger partial charge on any atom is -0.495 e. The number of methoxy groups -OCH3 is 1. The maximum Gasteiger partial charge on any atom is 0.163 e. The van der Waals surface area contributed by atoms with Gasteiger partial charge in [-0.05, 0) is 31.4 Å². The molecular formula is C22H28N6O. The predicted molar refractivity (Wildman–Crippen MR) is 115 cm³/mol. The molecule has 0 atom stereocenters. The maximum absolute atomic E-state index is 5.57. The molecule has 29 heavy (non-hydrogen) atoms. The molecule has 1 aromatic carbocycles. The molecule has 1 saturated carbocycles. The van der Waals surface area contributed by atoms with Crippen molar-refractivity contribution >= 4 is 22.5 Å². The van der Waals surface area contributed by atoms with Crippen molar-refractivity contribution in [2.24, 2.45) is 0 Å². The number of benzene rings is 1. The van der Waals surface area contributed by atoms with Crippen LogP contribution in [0.15, 0.2) is 36.8 Å². The third-order valence-corrected chi connectivity index (χ3v) is 6.26. The van der Waals surface area contributed by atoms with Gasteiger partial charge in [-0.3, -0.25) is 0 Å². The van der Waals surface area contributed by atoms with Crippen LogP contribution in [-0.2, 0) is 0 Å². The van der Waals surface area contributed by atoms with Crippen LogP contribution in [0.2, 0.25) is 0 Å². The quantitative estimate of drug-likeness (QED) is 0.675. The van der Waals surface area contributed by atoms with Crippen LogP contribution in [0.25, 0.3) is 11.0 Å². The van der Waals surface area contributed by atoms with E-state index in [1.807, 2.05) is 18.3 Å². The van der Waals surface area contributed by atoms with Gasteiger partial charge in [0.25, 0.3) is 0 Å². The lowest BCUT2D eigenvalue weighted by Gasteiger charge is -2.25. The first-order valence-electron chi connectivity index (χ1n) is 10.7. The van der Waals surface area contributed by atoms with E-state index in [1.165, 1.54) is 31.4 Å². The molecule has 3 heterocycles. The van der Waals surface area contributed by atoms with E-state index in [2.05, 4.69) is 36.6 Å². The summed E-state index contributed by atoms with van der Waals surface area (Å²) in [6, 6.07) is 8.75. The number of ether oxygens (including phenoxy) is 1. The van der Waals surface area contributed by atoms with Crippen molar-refractivity contribution < 1.29 is 4.74 Å². The van der Waals surface area contributed by atoms with E-state index in [-0.39, 0.29) is 0 Å². The number of hydrogen-bond donors (Lipinski definition) is 0. The highest BCUT2D eigenvalue weighted by atomic mass is 16.5. The second-order valence-corrected chi connectivity index (χ2v) is 7.96. The molecule has 1 saturated heterocycles. The number of aromatic nitrogens is 4. The van der Waals surface area contributed by atoms with E-state index in [0.29, 0.717) is 6.04 Å². The third kappa shape index (κ3) is 3.39. The van der Waals surface area contributed by atoms with E-state index in [0.717, 1.165) is 55.2 Å². The van der Waals surface area contributed by atoms with Crippen LogP contribution in [0, 0.1) is 0 Å². The number of para-hydroxylation sites is 2. The number of nitrogens with zero attached hydrogens (tertiary/aromatic N) is 6. The molecule has 0 N–H and O–H groups in total. The highest BCUT2D eigenvalue weighted by Gasteiger charge is 2.24. The van der Waals surface area contributed by atoms with Crippen LogP contribution in [0.5, 0.6) is 5.75 Å². The van der Waals surface area contributed by atoms with Gasteiger partial charge in [0.1, 0.15) is 17.9 Å². The molecule has 0 unspecified atom stereocenters. The van der Waals surface area contributed by atoms with E-state index in [9.17, 15) is 0 Å². The standard InChI is InChI=1S/C22H28N6O/c1-29-20-10-5-4-9-19(20)26-11-6-12-27(14-13-26)21-18-15-25-28(17-7-2-3-8-17)22(18)24-16-23-21/h4-5,9-10,15-17H,2-3,6-8,11-14H2,1H3. The summed E-state index contributed by atoms with van der Waals surface area (Å²) in [7, 11) is 1.74. The molecule has 0 bridgehead atoms. The van der Waals surface area contributed by atoms with E-state index < -0.39 is 0 Å². The van der Waals surface area contributed by atoms with Gasteiger partial charge in [-0.2, -0.15) is 5.10 Å². The zero-order valence-electron chi connectivity index (χ0n) is 17.0. The predicted octanol–water partition coefficient (Wildman–Crippen LogP) is 3.67. The van der Waals surface area contributed by atoms with Crippen LogP contribution in [0.3, 0.4) is 0 Å². The lowest BCUT2D eigenvalue weighted by molar-refractivity contribution is 0.414. The van der Waals surface area contributed by atoms with Gasteiger partial charge in [0.15, 0.2) is 5.65 Å². The first kappa shape index (κ1) is 18.2. The average Bonchev–Trinajstić information content (AvgIpc) is 3.38. The number of rotatable bonds is 4. The molecule has 1 aliphatic carbocycles. The lowest BCUT2D eigenvalue weighted by Crippen LogP contribution is -2.31. The van der Waals surface area contributed by atoms with Gasteiger partial charge >= 0.3 is 0 Å². The van der Waals surface area contributed by atoms with Crippen LogP contribution in [0.4, 0.5) is 11.5 Å². The Morgan fingerprint density at radius 2 is 1.72 bits per heavy atom. The van der Waals surface area contributed by atoms with Gasteiger partial charge in [-0.15, -0.1) is 0 Å². The molecule has 2 fully saturated rings. The monoisotopic (exact) mass is 392 g/mol. The van der Waals surface area contributed by atoms with Gasteiger partial charge in [0.2, 0.25) is 0 Å². The number of hydrogen-bond acceptors (Lipinski definition) is 6. The topological polar surface area (TPSA) is 59.3 Å². The number of anilines is 2. The lowest BCUT2D eigenvalue weighted by atomic mass is 10.2. The molecule has 152 valence electrons. The summed E-state index contributed by atoms with van der Waals surface area (Å²) in [6.07, 6.45) is 9.71. The molecule has 7 heteroatoms. The Morgan fingerprint density at radius 3 is 2.59 bits per heavy atom. The minimum atomic E-state index is 0.487. The third-order valence-electron chi connectivity index (χ3n) is 6.26. The Kier molecular flexibility index (Phi) is 4.96. The molecular weight excluding hydrogens is 364 g/mol. The van der Waals surface area contributed by atoms with Crippen molar-refractivity contribution in [2.75, 3.05) is 43.1 Å². The summed E-state index contributed by atoms with van der Waals surface area (Å²) >= 11 is 0. The van der Waals surface area contributed by atoms with Gasteiger partial charge in [-0.25, -0.2) is 14.6 Å². The summed E-state index contributed by atoms with van der Waals surface area (Å²) in [5.41, 5.74) is 2.14. The van der Waals surface area contributed by atoms with E-state index in [1.54, 1.807) is 13.4 Å². The van der Waals surface area contributed by atoms with Crippen molar-refractivity contribution in [1.82, 2.24) is 19.7 Å². The number of fused-ring (bicyclic) bond motifs is 1. The second-order valence-electron chi connectivity index (χ2n) is 7.96. The smallest absolute Gasteiger partial charge is 0.163 e. The Labute approximate surface area is 171 Å². The van der Waals surface area contributed by atoms with Gasteiger partial charge in [0, 0.05) is 26.2 Å². The van der Waals surface area contributed by atoms with Gasteiger partial charge < -0.3 is 14.5 Å². The Morgan fingerprint density at radius 1 is 0.931 bits per heavy atom. The summed E-state index contributed by atoms with van der Waals surface area (Å²) in [5.74, 6) is 1.95. The van der Waals surface area contributed by atoms with Crippen molar-refractivity contribution in [3.8, 4) is 5.75 Å². The molecule has 0 amide bonds. The van der Waals surface area contributed by atoms with Crippen LogP contribution < -0.4 is 14.5 Å². The SMILES string of the molecule is COc1ccccc1N1CCCN(c2ncnc3c2cnn3C2CCCC2)CC1. The van der Waals surface area contributed by atoms with Crippen molar-refractivity contribution in [2.45, 2.75) is 38.1 Å². The highest BCUT2D eigenvalue weighted by molar-refractivity contribution is 5.86. The Balaban J connectivity index is 1.40. The molecule has 3 aromatic rings. The van der Waals surface area contributed by atoms with Crippen molar-refractivity contribution in [3.63, 3.8) is 0 Å². The van der Waals surface area contributed by atoms with E-state index in [4.69, 9.17) is 9.84 Å². The van der Waals surface area contributed by atoms with E-state index >= 15 is 0 Å². The molecule has 2 aliphatic rings. The Hall–Kier alpha value is -2.83. The van der Waals surface area contributed by atoms with Gasteiger partial charge in [-0.1, -0.05) is 25.0 Å². The maximum atomic E-state index is 5.57. The summed E-state index contributed by atoms with van der Waals surface area (Å²) in [4.78, 5) is 14.1. The van der Waals surface area contributed by atoms with Crippen molar-refractivity contribution in [1.29, 1.82) is 0 Å². The Bertz CT molecular complexity index is 980. The first-order chi connectivity index (χ1) is 14.3. The minimum absolute atomic E-state index is 0.487. The summed E-state index contributed by atoms with van der Waals surface area (Å²) in [5, 5.41) is 5.78. The highest BCUT2D eigenvalue weighted by Crippen LogP contribution is 2.33. The molecule has 0 spiro atoms. The fraction of sp³-hybridized carbons (Fsp3) is 0.500. The fourth-order valence-electron chi connectivity index (χ4n) is 4.78. The fourth-order valence-corrected chi connectivity index (χ4v) is 4.78. The molecule has 7 nitrogen and oxygen atoms in total. The van der Waals surface area contributed by atoms with Gasteiger partial charge in [0.05, 0.1) is 30.4 Å². The molecule has 5 rings (SSSR count). The zero-order chi connectivity index (χ0) is 19.6. The van der Waals surface area contributed by atoms with Crippen LogP contribution >= 0.6 is 0 Å². The summed E-state index contributed by atoms with van der Waals surface area (Å²) < 4.78 is 7.70. The molecule has 1 aliphatic heterocycles. The normalized spacial score (nSPS) is 18.4. The zero-order valence-corrected chi connectivity index (χ0v) is 17.0. The average molecular weight is 393 g/mol. The van der Waals surface area contributed by atoms with Crippen LogP contribution in [0.1, 0.15) is 38.1 Å². The summed E-state index contributed by atoms with van der Waals surface area (Å²) in [6.45, 7) is 3.83. The second kappa shape index (κ2) is 7.89. The molecule has 2 aromatic heterocycles. The van der Waals surface area contributed by atoms with Crippen LogP contribution in [-0.4, -0.2) is 53.0 Å². The first-order valence-corrected chi connectivity index (χ1v) is 10.7. The molecule has 0 radical (unpaired) electrons. The largest absolute Gasteiger partial charge is 0.495 e. The van der Waals surface area contributed by atoms with Crippen molar-refractivity contribution in [3.05, 3.63) is 36.8 Å².